The fraction of sp³-hybridized carbons (Fsp3) is 0.520. The van der Waals surface area contributed by atoms with Gasteiger partial charge in [0.1, 0.15) is 0 Å². The van der Waals surface area contributed by atoms with E-state index in [-0.39, 0.29) is 6.10 Å². The molecule has 0 aliphatic carbocycles. The number of rotatable bonds is 16. The molecule has 2 aromatic carbocycles. The van der Waals surface area contributed by atoms with Crippen molar-refractivity contribution in [3.8, 4) is 0 Å². The van der Waals surface area contributed by atoms with Gasteiger partial charge in [-0.25, -0.2) is 0 Å². The van der Waals surface area contributed by atoms with Crippen molar-refractivity contribution in [1.82, 2.24) is 10.6 Å². The van der Waals surface area contributed by atoms with Crippen molar-refractivity contribution in [2.45, 2.75) is 57.5 Å². The van der Waals surface area contributed by atoms with E-state index in [1.165, 1.54) is 36.8 Å². The maximum atomic E-state index is 10.1. The minimum absolute atomic E-state index is 0.200. The van der Waals surface area contributed by atoms with Crippen LogP contribution in [0.25, 0.3) is 0 Å². The van der Waals surface area contributed by atoms with E-state index in [1.54, 1.807) is 0 Å². The van der Waals surface area contributed by atoms with Crippen LogP contribution in [0.1, 0.15) is 49.7 Å². The van der Waals surface area contributed by atoms with Crippen molar-refractivity contribution in [2.75, 3.05) is 26.2 Å². The number of aryl methyl sites for hydroxylation is 2. The van der Waals surface area contributed by atoms with Crippen LogP contribution >= 0.6 is 0 Å². The van der Waals surface area contributed by atoms with Crippen LogP contribution in [-0.2, 0) is 12.8 Å². The van der Waals surface area contributed by atoms with Gasteiger partial charge in [0.2, 0.25) is 0 Å². The summed E-state index contributed by atoms with van der Waals surface area (Å²) in [5, 5.41) is 17.0. The Morgan fingerprint density at radius 1 is 0.571 bits per heavy atom. The smallest absolute Gasteiger partial charge is 0.0564 e. The van der Waals surface area contributed by atoms with Gasteiger partial charge in [-0.3, -0.25) is 0 Å². The summed E-state index contributed by atoms with van der Waals surface area (Å²) in [7, 11) is 0. The summed E-state index contributed by atoms with van der Waals surface area (Å²) in [6.45, 7) is 3.89. The van der Waals surface area contributed by atoms with Crippen molar-refractivity contribution in [3.05, 3.63) is 71.8 Å². The van der Waals surface area contributed by atoms with Gasteiger partial charge in [-0.1, -0.05) is 60.7 Å². The number of aliphatic hydroxyl groups is 1. The second kappa shape index (κ2) is 15.3. The third-order valence-electron chi connectivity index (χ3n) is 5.13. The Hall–Kier alpha value is -1.68. The largest absolute Gasteiger partial charge is 0.393 e. The summed E-state index contributed by atoms with van der Waals surface area (Å²) in [6.07, 6.45) is 8.60. The first-order valence-electron chi connectivity index (χ1n) is 11.0. The van der Waals surface area contributed by atoms with Gasteiger partial charge in [0.05, 0.1) is 6.10 Å². The van der Waals surface area contributed by atoms with E-state index >= 15 is 0 Å². The molecule has 0 saturated carbocycles. The summed E-state index contributed by atoms with van der Waals surface area (Å²) in [4.78, 5) is 0. The molecule has 154 valence electrons. The number of unbranched alkanes of at least 4 members (excludes halogenated alkanes) is 2. The van der Waals surface area contributed by atoms with Crippen LogP contribution in [0, 0.1) is 0 Å². The first-order chi connectivity index (χ1) is 13.8. The van der Waals surface area contributed by atoms with E-state index in [1.807, 2.05) is 0 Å². The molecule has 0 heterocycles. The van der Waals surface area contributed by atoms with Crippen LogP contribution in [0.3, 0.4) is 0 Å². The molecule has 0 amide bonds. The van der Waals surface area contributed by atoms with Crippen LogP contribution < -0.4 is 10.6 Å². The lowest BCUT2D eigenvalue weighted by molar-refractivity contribution is 0.153. The number of aliphatic hydroxyl groups excluding tert-OH is 1. The quantitative estimate of drug-likeness (QED) is 0.378. The summed E-state index contributed by atoms with van der Waals surface area (Å²) in [5.41, 5.74) is 2.84. The minimum Gasteiger partial charge on any atom is -0.393 e. The standard InChI is InChI=1S/C25H38N2O/c28-25(17-21-26-19-9-7-15-23-11-3-1-4-12-23)18-22-27-20-10-8-16-24-13-5-2-6-14-24/h1-6,11-14,25-28H,7-10,15-22H2. The van der Waals surface area contributed by atoms with Gasteiger partial charge in [0.15, 0.2) is 0 Å². The zero-order valence-corrected chi connectivity index (χ0v) is 17.3. The Kier molecular flexibility index (Phi) is 12.3. The molecule has 3 nitrogen and oxygen atoms in total. The van der Waals surface area contributed by atoms with Gasteiger partial charge in [0.25, 0.3) is 0 Å². The molecule has 2 aromatic rings. The van der Waals surface area contributed by atoms with Crippen LogP contribution in [0.2, 0.25) is 0 Å². The van der Waals surface area contributed by atoms with Crippen LogP contribution in [0.15, 0.2) is 60.7 Å². The summed E-state index contributed by atoms with van der Waals surface area (Å²) in [5.74, 6) is 0. The highest BCUT2D eigenvalue weighted by Crippen LogP contribution is 2.05. The lowest BCUT2D eigenvalue weighted by atomic mass is 10.1. The summed E-state index contributed by atoms with van der Waals surface area (Å²) >= 11 is 0. The zero-order chi connectivity index (χ0) is 19.7. The van der Waals surface area contributed by atoms with Gasteiger partial charge in [-0.2, -0.15) is 0 Å². The van der Waals surface area contributed by atoms with Crippen molar-refractivity contribution in [2.24, 2.45) is 0 Å². The Bertz CT molecular complexity index is 535. The van der Waals surface area contributed by atoms with Crippen molar-refractivity contribution in [1.29, 1.82) is 0 Å². The van der Waals surface area contributed by atoms with E-state index in [4.69, 9.17) is 0 Å². The zero-order valence-electron chi connectivity index (χ0n) is 17.3. The van der Waals surface area contributed by atoms with Crippen molar-refractivity contribution in [3.63, 3.8) is 0 Å². The Morgan fingerprint density at radius 3 is 1.43 bits per heavy atom. The fourth-order valence-corrected chi connectivity index (χ4v) is 3.38. The molecule has 28 heavy (non-hydrogen) atoms. The van der Waals surface area contributed by atoms with E-state index in [9.17, 15) is 5.11 Å². The number of nitrogens with one attached hydrogen (secondary N) is 2. The molecule has 0 fully saturated rings. The molecule has 0 spiro atoms. The van der Waals surface area contributed by atoms with E-state index in [0.717, 1.165) is 51.9 Å². The highest BCUT2D eigenvalue weighted by molar-refractivity contribution is 5.15. The van der Waals surface area contributed by atoms with Gasteiger partial charge >= 0.3 is 0 Å². The third kappa shape index (κ3) is 11.2. The lowest BCUT2D eigenvalue weighted by Gasteiger charge is -2.12. The average Bonchev–Trinajstić information content (AvgIpc) is 2.74. The molecular formula is C25H38N2O. The lowest BCUT2D eigenvalue weighted by Crippen LogP contribution is -2.25. The Labute approximate surface area is 171 Å². The molecular weight excluding hydrogens is 344 g/mol. The molecule has 0 aliphatic rings. The topological polar surface area (TPSA) is 44.3 Å². The third-order valence-corrected chi connectivity index (χ3v) is 5.13. The number of hydrogen-bond acceptors (Lipinski definition) is 3. The second-order valence-corrected chi connectivity index (χ2v) is 7.62. The molecule has 0 radical (unpaired) electrons. The maximum Gasteiger partial charge on any atom is 0.0564 e. The average molecular weight is 383 g/mol. The van der Waals surface area contributed by atoms with Gasteiger partial charge in [-0.05, 0) is 88.7 Å². The SMILES string of the molecule is OC(CCNCCCCc1ccccc1)CCNCCCCc1ccccc1. The molecule has 0 atom stereocenters. The predicted octanol–water partition coefficient (Wildman–Crippen LogP) is 4.35. The molecule has 0 unspecified atom stereocenters. The van der Waals surface area contributed by atoms with E-state index < -0.39 is 0 Å². The van der Waals surface area contributed by atoms with Crippen molar-refractivity contribution >= 4 is 0 Å². The highest BCUT2D eigenvalue weighted by atomic mass is 16.3. The Balaban J connectivity index is 1.33. The predicted molar refractivity (Wildman–Crippen MR) is 120 cm³/mol. The number of hydrogen-bond donors (Lipinski definition) is 3. The highest BCUT2D eigenvalue weighted by Gasteiger charge is 2.03. The number of benzene rings is 2. The molecule has 0 bridgehead atoms. The van der Waals surface area contributed by atoms with Crippen LogP contribution in [0.5, 0.6) is 0 Å². The summed E-state index contributed by atoms with van der Waals surface area (Å²) in [6, 6.07) is 21.3. The van der Waals surface area contributed by atoms with Crippen molar-refractivity contribution < 1.29 is 5.11 Å². The van der Waals surface area contributed by atoms with Gasteiger partial charge in [-0.15, -0.1) is 0 Å². The van der Waals surface area contributed by atoms with Crippen LogP contribution in [-0.4, -0.2) is 37.4 Å². The summed E-state index contributed by atoms with van der Waals surface area (Å²) < 4.78 is 0. The minimum atomic E-state index is -0.200. The molecule has 0 aliphatic heterocycles. The molecule has 0 aromatic heterocycles. The maximum absolute atomic E-state index is 10.1. The van der Waals surface area contributed by atoms with E-state index in [2.05, 4.69) is 71.3 Å². The molecule has 2 rings (SSSR count). The van der Waals surface area contributed by atoms with Crippen LogP contribution in [0.4, 0.5) is 0 Å². The Morgan fingerprint density at radius 2 is 1.00 bits per heavy atom. The first kappa shape index (κ1) is 22.6. The van der Waals surface area contributed by atoms with Gasteiger partial charge in [0, 0.05) is 0 Å². The normalized spacial score (nSPS) is 11.2. The fourth-order valence-electron chi connectivity index (χ4n) is 3.38. The van der Waals surface area contributed by atoms with E-state index in [0.29, 0.717) is 0 Å². The molecule has 3 heteroatoms. The molecule has 3 N–H and O–H groups in total. The first-order valence-corrected chi connectivity index (χ1v) is 11.0. The second-order valence-electron chi connectivity index (χ2n) is 7.62. The van der Waals surface area contributed by atoms with Gasteiger partial charge < -0.3 is 15.7 Å². The monoisotopic (exact) mass is 382 g/mol. The molecule has 0 saturated heterocycles.